The fraction of sp³-hybridized carbons (Fsp3) is 0.500. The monoisotopic (exact) mass is 286 g/mol. The number of hydrogen-bond donors (Lipinski definition) is 2. The Morgan fingerprint density at radius 1 is 1.47 bits per heavy atom. The average Bonchev–Trinajstić information content (AvgIpc) is 2.28. The molecule has 0 saturated carbocycles. The van der Waals surface area contributed by atoms with Gasteiger partial charge in [-0.1, -0.05) is 44.5 Å². The molecule has 1 aromatic carbocycles. The Hall–Kier alpha value is -1.13. The van der Waals surface area contributed by atoms with Crippen LogP contribution in [0.4, 0.5) is 4.39 Å². The highest BCUT2D eigenvalue weighted by atomic mass is 35.5. The quantitative estimate of drug-likeness (QED) is 0.874. The van der Waals surface area contributed by atoms with Crippen LogP contribution in [0.2, 0.25) is 5.02 Å². The van der Waals surface area contributed by atoms with Crippen LogP contribution in [0.3, 0.4) is 0 Å². The third-order valence-electron chi connectivity index (χ3n) is 2.68. The van der Waals surface area contributed by atoms with E-state index < -0.39 is 17.8 Å². The van der Waals surface area contributed by atoms with Gasteiger partial charge in [0.1, 0.15) is 5.82 Å². The first kappa shape index (κ1) is 15.9. The van der Waals surface area contributed by atoms with Crippen molar-refractivity contribution in [1.29, 1.82) is 0 Å². The lowest BCUT2D eigenvalue weighted by Crippen LogP contribution is -2.46. The van der Waals surface area contributed by atoms with Crippen LogP contribution >= 0.6 is 11.6 Å². The maximum absolute atomic E-state index is 13.8. The molecule has 0 radical (unpaired) electrons. The Kier molecular flexibility index (Phi) is 5.32. The van der Waals surface area contributed by atoms with Gasteiger partial charge < -0.3 is 11.1 Å². The summed E-state index contributed by atoms with van der Waals surface area (Å²) >= 11 is 5.71. The number of carbonyl (C=O) groups is 1. The summed E-state index contributed by atoms with van der Waals surface area (Å²) in [5, 5.41) is 3.12. The van der Waals surface area contributed by atoms with Gasteiger partial charge in [-0.2, -0.15) is 0 Å². The highest BCUT2D eigenvalue weighted by Gasteiger charge is 2.20. The summed E-state index contributed by atoms with van der Waals surface area (Å²) in [4.78, 5) is 11.4. The van der Waals surface area contributed by atoms with E-state index in [2.05, 4.69) is 5.32 Å². The lowest BCUT2D eigenvalue weighted by Gasteiger charge is -2.23. The highest BCUT2D eigenvalue weighted by Crippen LogP contribution is 2.19. The van der Waals surface area contributed by atoms with Gasteiger partial charge in [0.15, 0.2) is 0 Å². The van der Waals surface area contributed by atoms with E-state index in [4.69, 9.17) is 17.3 Å². The first-order valence-electron chi connectivity index (χ1n) is 6.16. The largest absolute Gasteiger partial charge is 0.368 e. The molecular formula is C14H20ClFN2O. The predicted molar refractivity (Wildman–Crippen MR) is 75.6 cm³/mol. The molecule has 0 aliphatic heterocycles. The molecule has 0 bridgehead atoms. The lowest BCUT2D eigenvalue weighted by atomic mass is 9.95. The zero-order chi connectivity index (χ0) is 14.6. The number of amides is 1. The molecule has 1 aromatic rings. The molecule has 1 unspecified atom stereocenters. The van der Waals surface area contributed by atoms with Gasteiger partial charge in [0, 0.05) is 6.54 Å². The van der Waals surface area contributed by atoms with Crippen LogP contribution < -0.4 is 11.1 Å². The van der Waals surface area contributed by atoms with E-state index in [1.807, 2.05) is 20.8 Å². The van der Waals surface area contributed by atoms with Gasteiger partial charge in [0.25, 0.3) is 0 Å². The van der Waals surface area contributed by atoms with E-state index in [9.17, 15) is 9.18 Å². The van der Waals surface area contributed by atoms with Gasteiger partial charge in [-0.05, 0) is 23.5 Å². The first-order chi connectivity index (χ1) is 8.70. The molecule has 3 N–H and O–H groups in total. The molecule has 0 aliphatic carbocycles. The van der Waals surface area contributed by atoms with Crippen molar-refractivity contribution in [1.82, 2.24) is 5.32 Å². The first-order valence-corrected chi connectivity index (χ1v) is 6.54. The Morgan fingerprint density at radius 2 is 2.11 bits per heavy atom. The van der Waals surface area contributed by atoms with Crippen molar-refractivity contribution in [3.63, 3.8) is 0 Å². The number of nitrogens with one attached hydrogen (secondary N) is 1. The van der Waals surface area contributed by atoms with E-state index >= 15 is 0 Å². The van der Waals surface area contributed by atoms with Crippen molar-refractivity contribution in [2.75, 3.05) is 6.54 Å². The SMILES string of the molecule is CC(C)(C)CNC(Cc1cccc(Cl)c1F)C(N)=O. The van der Waals surface area contributed by atoms with Gasteiger partial charge in [-0.25, -0.2) is 4.39 Å². The summed E-state index contributed by atoms with van der Waals surface area (Å²) in [7, 11) is 0. The summed E-state index contributed by atoms with van der Waals surface area (Å²) in [6, 6.07) is 4.13. The van der Waals surface area contributed by atoms with E-state index in [1.165, 1.54) is 6.07 Å². The number of primary amides is 1. The van der Waals surface area contributed by atoms with Crippen molar-refractivity contribution in [2.24, 2.45) is 11.1 Å². The van der Waals surface area contributed by atoms with E-state index in [0.29, 0.717) is 12.1 Å². The molecule has 0 saturated heterocycles. The second kappa shape index (κ2) is 6.35. The van der Waals surface area contributed by atoms with Crippen molar-refractivity contribution >= 4 is 17.5 Å². The molecule has 5 heteroatoms. The number of hydrogen-bond acceptors (Lipinski definition) is 2. The molecule has 0 heterocycles. The highest BCUT2D eigenvalue weighted by molar-refractivity contribution is 6.30. The second-order valence-corrected chi connectivity index (χ2v) is 6.22. The third-order valence-corrected chi connectivity index (χ3v) is 2.97. The Balaban J connectivity index is 2.79. The number of carbonyl (C=O) groups excluding carboxylic acids is 1. The second-order valence-electron chi connectivity index (χ2n) is 5.81. The van der Waals surface area contributed by atoms with Crippen LogP contribution in [0, 0.1) is 11.2 Å². The summed E-state index contributed by atoms with van der Waals surface area (Å²) in [5.41, 5.74) is 5.75. The summed E-state index contributed by atoms with van der Waals surface area (Å²) in [5.74, 6) is -0.989. The normalized spacial score (nSPS) is 13.3. The lowest BCUT2D eigenvalue weighted by molar-refractivity contribution is -0.120. The summed E-state index contributed by atoms with van der Waals surface area (Å²) in [6.07, 6.45) is 0.192. The smallest absolute Gasteiger partial charge is 0.234 e. The Morgan fingerprint density at radius 3 is 2.63 bits per heavy atom. The van der Waals surface area contributed by atoms with Crippen LogP contribution in [0.25, 0.3) is 0 Å². The molecule has 19 heavy (non-hydrogen) atoms. The van der Waals surface area contributed by atoms with E-state index in [-0.39, 0.29) is 16.9 Å². The van der Waals surface area contributed by atoms with E-state index in [1.54, 1.807) is 12.1 Å². The van der Waals surface area contributed by atoms with Gasteiger partial charge in [0.05, 0.1) is 11.1 Å². The Bertz CT molecular complexity index is 457. The molecule has 106 valence electrons. The fourth-order valence-electron chi connectivity index (χ4n) is 1.63. The predicted octanol–water partition coefficient (Wildman–Crippen LogP) is 2.51. The fourth-order valence-corrected chi connectivity index (χ4v) is 1.82. The zero-order valence-corrected chi connectivity index (χ0v) is 12.2. The average molecular weight is 287 g/mol. The van der Waals surface area contributed by atoms with Crippen molar-refractivity contribution < 1.29 is 9.18 Å². The molecular weight excluding hydrogens is 267 g/mol. The zero-order valence-electron chi connectivity index (χ0n) is 11.5. The molecule has 0 aliphatic rings. The third kappa shape index (κ3) is 5.17. The number of rotatable bonds is 5. The maximum atomic E-state index is 13.8. The minimum Gasteiger partial charge on any atom is -0.368 e. The van der Waals surface area contributed by atoms with Crippen molar-refractivity contribution in [3.05, 3.63) is 34.6 Å². The molecule has 1 rings (SSSR count). The topological polar surface area (TPSA) is 55.1 Å². The Labute approximate surface area is 118 Å². The minimum atomic E-state index is -0.604. The number of halogens is 2. The van der Waals surface area contributed by atoms with Crippen LogP contribution in [0.5, 0.6) is 0 Å². The van der Waals surface area contributed by atoms with Gasteiger partial charge in [-0.3, -0.25) is 4.79 Å². The van der Waals surface area contributed by atoms with E-state index in [0.717, 1.165) is 0 Å². The number of benzene rings is 1. The summed E-state index contributed by atoms with van der Waals surface area (Å²) < 4.78 is 13.8. The van der Waals surface area contributed by atoms with Crippen molar-refractivity contribution in [3.8, 4) is 0 Å². The van der Waals surface area contributed by atoms with Crippen LogP contribution in [0.1, 0.15) is 26.3 Å². The van der Waals surface area contributed by atoms with Gasteiger partial charge >= 0.3 is 0 Å². The molecule has 3 nitrogen and oxygen atoms in total. The number of nitrogens with two attached hydrogens (primary N) is 1. The molecule has 1 amide bonds. The molecule has 0 spiro atoms. The van der Waals surface area contributed by atoms with Crippen LogP contribution in [-0.4, -0.2) is 18.5 Å². The van der Waals surface area contributed by atoms with Crippen LogP contribution in [-0.2, 0) is 11.2 Å². The molecule has 0 aromatic heterocycles. The minimum absolute atomic E-state index is 0.0145. The van der Waals surface area contributed by atoms with Crippen molar-refractivity contribution in [2.45, 2.75) is 33.2 Å². The maximum Gasteiger partial charge on any atom is 0.234 e. The van der Waals surface area contributed by atoms with Gasteiger partial charge in [-0.15, -0.1) is 0 Å². The van der Waals surface area contributed by atoms with Gasteiger partial charge in [0.2, 0.25) is 5.91 Å². The summed E-state index contributed by atoms with van der Waals surface area (Å²) in [6.45, 7) is 6.73. The standard InChI is InChI=1S/C14H20ClFN2O/c1-14(2,3)8-18-11(13(17)19)7-9-5-4-6-10(15)12(9)16/h4-6,11,18H,7-8H2,1-3H3,(H2,17,19). The molecule has 0 fully saturated rings. The van der Waals surface area contributed by atoms with Crippen LogP contribution in [0.15, 0.2) is 18.2 Å². The molecule has 1 atom stereocenters.